The summed E-state index contributed by atoms with van der Waals surface area (Å²) in [5, 5.41) is 6.09. The summed E-state index contributed by atoms with van der Waals surface area (Å²) in [6, 6.07) is 7.57. The van der Waals surface area contributed by atoms with E-state index in [0.717, 1.165) is 37.4 Å². The van der Waals surface area contributed by atoms with Gasteiger partial charge >= 0.3 is 6.03 Å². The molecule has 5 heteroatoms. The maximum atomic E-state index is 11.9. The summed E-state index contributed by atoms with van der Waals surface area (Å²) in [6.07, 6.45) is 0. The van der Waals surface area contributed by atoms with Gasteiger partial charge in [0.1, 0.15) is 0 Å². The number of hydrogen-bond acceptors (Lipinski definition) is 3. The van der Waals surface area contributed by atoms with Crippen LogP contribution in [0.15, 0.2) is 24.3 Å². The third-order valence-electron chi connectivity index (χ3n) is 2.85. The Morgan fingerprint density at radius 3 is 2.53 bits per heavy atom. The Balaban J connectivity index is 1.92. The molecule has 1 saturated heterocycles. The van der Waals surface area contributed by atoms with Gasteiger partial charge in [-0.1, -0.05) is 12.1 Å². The number of amides is 2. The maximum Gasteiger partial charge on any atom is 0.321 e. The first-order valence-electron chi connectivity index (χ1n) is 5.85. The zero-order valence-electron chi connectivity index (χ0n) is 9.78. The molecule has 1 aliphatic rings. The van der Waals surface area contributed by atoms with Crippen LogP contribution in [0.3, 0.4) is 0 Å². The molecule has 1 fully saturated rings. The van der Waals surface area contributed by atoms with Gasteiger partial charge in [0.15, 0.2) is 0 Å². The molecule has 1 heterocycles. The van der Waals surface area contributed by atoms with Crippen molar-refractivity contribution in [1.82, 2.24) is 10.2 Å². The van der Waals surface area contributed by atoms with Gasteiger partial charge in [0.05, 0.1) is 0 Å². The number of nitrogens with zero attached hydrogens (tertiary/aromatic N) is 1. The second-order valence-electron chi connectivity index (χ2n) is 4.07. The van der Waals surface area contributed by atoms with Gasteiger partial charge in [-0.25, -0.2) is 4.79 Å². The highest BCUT2D eigenvalue weighted by Gasteiger charge is 2.15. The average Bonchev–Trinajstić information content (AvgIpc) is 2.40. The first-order chi connectivity index (χ1) is 8.29. The number of anilines is 1. The van der Waals surface area contributed by atoms with Crippen molar-refractivity contribution >= 4 is 11.7 Å². The zero-order chi connectivity index (χ0) is 12.1. The highest BCUT2D eigenvalue weighted by Crippen LogP contribution is 2.10. The standard InChI is InChI=1S/C12H18N4O/c13-9-10-1-3-11(4-2-10)15-12(17)16-7-5-14-6-8-16/h1-4,14H,5-9,13H2,(H,15,17). The van der Waals surface area contributed by atoms with E-state index in [2.05, 4.69) is 10.6 Å². The van der Waals surface area contributed by atoms with E-state index < -0.39 is 0 Å². The van der Waals surface area contributed by atoms with Crippen LogP contribution in [0, 0.1) is 0 Å². The summed E-state index contributed by atoms with van der Waals surface area (Å²) in [7, 11) is 0. The van der Waals surface area contributed by atoms with Gasteiger partial charge in [0, 0.05) is 38.4 Å². The molecule has 1 aromatic carbocycles. The Kier molecular flexibility index (Phi) is 3.95. The van der Waals surface area contributed by atoms with Crippen molar-refractivity contribution in [3.8, 4) is 0 Å². The predicted molar refractivity (Wildman–Crippen MR) is 67.8 cm³/mol. The first kappa shape index (κ1) is 11.9. The van der Waals surface area contributed by atoms with Gasteiger partial charge in [0.2, 0.25) is 0 Å². The normalized spacial score (nSPS) is 15.7. The lowest BCUT2D eigenvalue weighted by molar-refractivity contribution is 0.204. The van der Waals surface area contributed by atoms with Crippen LogP contribution in [0.5, 0.6) is 0 Å². The molecule has 1 aromatic rings. The van der Waals surface area contributed by atoms with E-state index in [4.69, 9.17) is 5.73 Å². The van der Waals surface area contributed by atoms with E-state index in [1.54, 1.807) is 0 Å². The quantitative estimate of drug-likeness (QED) is 0.701. The molecule has 2 amide bonds. The van der Waals surface area contributed by atoms with Gasteiger partial charge in [-0.3, -0.25) is 0 Å². The Bertz CT molecular complexity index is 371. The van der Waals surface area contributed by atoms with Crippen LogP contribution in [-0.2, 0) is 6.54 Å². The Labute approximate surface area is 101 Å². The number of carbonyl (C=O) groups is 1. The number of hydrogen-bond donors (Lipinski definition) is 3. The number of carbonyl (C=O) groups excluding carboxylic acids is 1. The van der Waals surface area contributed by atoms with Gasteiger partial charge < -0.3 is 21.3 Å². The Morgan fingerprint density at radius 2 is 1.94 bits per heavy atom. The van der Waals surface area contributed by atoms with Crippen LogP contribution in [0.25, 0.3) is 0 Å². The summed E-state index contributed by atoms with van der Waals surface area (Å²) in [6.45, 7) is 3.75. The monoisotopic (exact) mass is 234 g/mol. The number of nitrogens with one attached hydrogen (secondary N) is 2. The van der Waals surface area contributed by atoms with E-state index in [-0.39, 0.29) is 6.03 Å². The van der Waals surface area contributed by atoms with Crippen molar-refractivity contribution in [3.05, 3.63) is 29.8 Å². The predicted octanol–water partition coefficient (Wildman–Crippen LogP) is 0.582. The molecule has 0 atom stereocenters. The van der Waals surface area contributed by atoms with Crippen molar-refractivity contribution in [1.29, 1.82) is 0 Å². The van der Waals surface area contributed by atoms with E-state index in [1.165, 1.54) is 0 Å². The number of nitrogens with two attached hydrogens (primary N) is 1. The molecule has 5 nitrogen and oxygen atoms in total. The number of urea groups is 1. The lowest BCUT2D eigenvalue weighted by Crippen LogP contribution is -2.48. The molecule has 0 spiro atoms. The fourth-order valence-electron chi connectivity index (χ4n) is 1.79. The van der Waals surface area contributed by atoms with Crippen molar-refractivity contribution in [2.24, 2.45) is 5.73 Å². The summed E-state index contributed by atoms with van der Waals surface area (Å²) >= 11 is 0. The van der Waals surface area contributed by atoms with E-state index in [9.17, 15) is 4.79 Å². The third-order valence-corrected chi connectivity index (χ3v) is 2.85. The van der Waals surface area contributed by atoms with Crippen LogP contribution in [0.1, 0.15) is 5.56 Å². The van der Waals surface area contributed by atoms with Crippen molar-refractivity contribution in [2.75, 3.05) is 31.5 Å². The fraction of sp³-hybridized carbons (Fsp3) is 0.417. The van der Waals surface area contributed by atoms with Crippen LogP contribution < -0.4 is 16.4 Å². The van der Waals surface area contributed by atoms with Crippen LogP contribution in [0.2, 0.25) is 0 Å². The third kappa shape index (κ3) is 3.18. The van der Waals surface area contributed by atoms with Crippen LogP contribution in [-0.4, -0.2) is 37.1 Å². The molecule has 17 heavy (non-hydrogen) atoms. The van der Waals surface area contributed by atoms with Gasteiger partial charge in [-0.05, 0) is 17.7 Å². The highest BCUT2D eigenvalue weighted by atomic mass is 16.2. The van der Waals surface area contributed by atoms with Crippen LogP contribution in [0.4, 0.5) is 10.5 Å². The fourth-order valence-corrected chi connectivity index (χ4v) is 1.79. The van der Waals surface area contributed by atoms with Crippen LogP contribution >= 0.6 is 0 Å². The zero-order valence-corrected chi connectivity index (χ0v) is 9.78. The number of rotatable bonds is 2. The number of piperazine rings is 1. The first-order valence-corrected chi connectivity index (χ1v) is 5.85. The molecule has 0 unspecified atom stereocenters. The topological polar surface area (TPSA) is 70.4 Å². The molecule has 0 aliphatic carbocycles. The van der Waals surface area contributed by atoms with Crippen molar-refractivity contribution < 1.29 is 4.79 Å². The van der Waals surface area contributed by atoms with E-state index in [0.29, 0.717) is 6.54 Å². The van der Waals surface area contributed by atoms with Crippen molar-refractivity contribution in [3.63, 3.8) is 0 Å². The van der Waals surface area contributed by atoms with E-state index in [1.807, 2.05) is 29.2 Å². The smallest absolute Gasteiger partial charge is 0.321 e. The molecular formula is C12H18N4O. The SMILES string of the molecule is NCc1ccc(NC(=O)N2CCNCC2)cc1. The second kappa shape index (κ2) is 5.65. The molecular weight excluding hydrogens is 216 g/mol. The average molecular weight is 234 g/mol. The van der Waals surface area contributed by atoms with Gasteiger partial charge in [-0.2, -0.15) is 0 Å². The molecule has 92 valence electrons. The lowest BCUT2D eigenvalue weighted by Gasteiger charge is -2.27. The summed E-state index contributed by atoms with van der Waals surface area (Å²) in [5.74, 6) is 0. The molecule has 0 radical (unpaired) electrons. The summed E-state index contributed by atoms with van der Waals surface area (Å²) < 4.78 is 0. The Hall–Kier alpha value is -1.59. The summed E-state index contributed by atoms with van der Waals surface area (Å²) in [5.41, 5.74) is 7.39. The minimum Gasteiger partial charge on any atom is -0.326 e. The molecule has 0 aromatic heterocycles. The summed E-state index contributed by atoms with van der Waals surface area (Å²) in [4.78, 5) is 13.7. The molecule has 2 rings (SSSR count). The minimum absolute atomic E-state index is 0.0352. The maximum absolute atomic E-state index is 11.9. The minimum atomic E-state index is -0.0352. The number of benzene rings is 1. The van der Waals surface area contributed by atoms with E-state index >= 15 is 0 Å². The highest BCUT2D eigenvalue weighted by molar-refractivity contribution is 5.89. The molecule has 0 saturated carbocycles. The van der Waals surface area contributed by atoms with Gasteiger partial charge in [-0.15, -0.1) is 0 Å². The largest absolute Gasteiger partial charge is 0.326 e. The second-order valence-corrected chi connectivity index (χ2v) is 4.07. The Morgan fingerprint density at radius 1 is 1.29 bits per heavy atom. The molecule has 0 bridgehead atoms. The van der Waals surface area contributed by atoms with Gasteiger partial charge in [0.25, 0.3) is 0 Å². The lowest BCUT2D eigenvalue weighted by atomic mass is 10.2. The molecule has 1 aliphatic heterocycles. The molecule has 4 N–H and O–H groups in total. The van der Waals surface area contributed by atoms with Crippen molar-refractivity contribution in [2.45, 2.75) is 6.54 Å².